The maximum absolute atomic E-state index is 6.66. The molecule has 74 valence electrons. The minimum Gasteiger partial charge on any atom is -0.289 e. The van der Waals surface area contributed by atoms with Crippen LogP contribution in [-0.4, -0.2) is 25.2 Å². The zero-order chi connectivity index (χ0) is 10.7. The largest absolute Gasteiger partial charge is 0.325 e. The molecule has 2 rings (SSSR count). The lowest BCUT2D eigenvalue weighted by molar-refractivity contribution is 0.580. The molecule has 7 heteroatoms. The summed E-state index contributed by atoms with van der Waals surface area (Å²) in [5, 5.41) is 11.5. The molecule has 0 aliphatic heterocycles. The zero-order valence-electron chi connectivity index (χ0n) is 7.50. The first-order valence-electron chi connectivity index (χ1n) is 4.02. The standard InChI is InChI=1S/C8H5BrN6/c1-10-5-15-13-8(12-14-15)7-3-2-6(9)4-11-7/h2-4H,5H2. The van der Waals surface area contributed by atoms with Gasteiger partial charge in [0.2, 0.25) is 5.82 Å². The first-order chi connectivity index (χ1) is 7.29. The van der Waals surface area contributed by atoms with Gasteiger partial charge in [-0.05, 0) is 33.3 Å². The Morgan fingerprint density at radius 1 is 1.47 bits per heavy atom. The van der Waals surface area contributed by atoms with Crippen LogP contribution in [0.3, 0.4) is 0 Å². The molecule has 6 nitrogen and oxygen atoms in total. The fourth-order valence-corrected chi connectivity index (χ4v) is 1.21. The van der Waals surface area contributed by atoms with E-state index in [4.69, 9.17) is 6.57 Å². The summed E-state index contributed by atoms with van der Waals surface area (Å²) in [6, 6.07) is 3.63. The molecule has 2 aromatic heterocycles. The molecular formula is C8H5BrN6. The molecule has 0 spiro atoms. The van der Waals surface area contributed by atoms with E-state index in [9.17, 15) is 0 Å². The SMILES string of the molecule is [C-]#[N+]Cn1nnc(-c2ccc(Br)cn2)n1. The van der Waals surface area contributed by atoms with Crippen molar-refractivity contribution in [2.24, 2.45) is 0 Å². The second-order valence-electron chi connectivity index (χ2n) is 2.65. The molecule has 0 atom stereocenters. The van der Waals surface area contributed by atoms with Crippen LogP contribution in [0.2, 0.25) is 0 Å². The van der Waals surface area contributed by atoms with Crippen LogP contribution in [-0.2, 0) is 6.67 Å². The van der Waals surface area contributed by atoms with Gasteiger partial charge in [0.15, 0.2) is 0 Å². The van der Waals surface area contributed by atoms with Crippen molar-refractivity contribution in [3.05, 3.63) is 34.2 Å². The van der Waals surface area contributed by atoms with Crippen LogP contribution in [0.5, 0.6) is 0 Å². The van der Waals surface area contributed by atoms with E-state index >= 15 is 0 Å². The highest BCUT2D eigenvalue weighted by Crippen LogP contribution is 2.13. The number of hydrogen-bond acceptors (Lipinski definition) is 4. The second kappa shape index (κ2) is 4.14. The Morgan fingerprint density at radius 3 is 3.00 bits per heavy atom. The lowest BCUT2D eigenvalue weighted by Crippen LogP contribution is -1.98. The third kappa shape index (κ3) is 2.16. The van der Waals surface area contributed by atoms with Gasteiger partial charge in [-0.1, -0.05) is 4.80 Å². The van der Waals surface area contributed by atoms with E-state index in [0.717, 1.165) is 4.47 Å². The molecule has 0 fully saturated rings. The Labute approximate surface area is 93.9 Å². The molecule has 0 unspecified atom stereocenters. The normalized spacial score (nSPS) is 9.87. The minimum absolute atomic E-state index is 0.0729. The summed E-state index contributed by atoms with van der Waals surface area (Å²) < 4.78 is 0.889. The Kier molecular flexibility index (Phi) is 2.69. The van der Waals surface area contributed by atoms with Crippen LogP contribution in [0, 0.1) is 6.57 Å². The van der Waals surface area contributed by atoms with E-state index in [1.165, 1.54) is 4.80 Å². The second-order valence-corrected chi connectivity index (χ2v) is 3.56. The molecule has 0 aromatic carbocycles. The number of aromatic nitrogens is 5. The van der Waals surface area contributed by atoms with Gasteiger partial charge in [0.25, 0.3) is 0 Å². The third-order valence-electron chi connectivity index (χ3n) is 1.61. The minimum atomic E-state index is 0.0729. The van der Waals surface area contributed by atoms with Crippen molar-refractivity contribution < 1.29 is 0 Å². The lowest BCUT2D eigenvalue weighted by Gasteiger charge is -1.92. The summed E-state index contributed by atoms with van der Waals surface area (Å²) in [6.45, 7) is 6.73. The average Bonchev–Trinajstić information content (AvgIpc) is 2.68. The molecule has 0 radical (unpaired) electrons. The first-order valence-corrected chi connectivity index (χ1v) is 4.82. The van der Waals surface area contributed by atoms with Crippen LogP contribution in [0.15, 0.2) is 22.8 Å². The topological polar surface area (TPSA) is 60.9 Å². The molecule has 2 heterocycles. The zero-order valence-corrected chi connectivity index (χ0v) is 9.09. The van der Waals surface area contributed by atoms with Gasteiger partial charge in [0, 0.05) is 10.7 Å². The molecule has 15 heavy (non-hydrogen) atoms. The predicted molar refractivity (Wildman–Crippen MR) is 55.4 cm³/mol. The number of halogens is 1. The average molecular weight is 265 g/mol. The predicted octanol–water partition coefficient (Wildman–Crippen LogP) is 1.37. The maximum Gasteiger partial charge on any atom is 0.325 e. The van der Waals surface area contributed by atoms with E-state index in [2.05, 4.69) is 41.2 Å². The fraction of sp³-hybridized carbons (Fsp3) is 0.125. The van der Waals surface area contributed by atoms with Crippen molar-refractivity contribution in [1.29, 1.82) is 0 Å². The Hall–Kier alpha value is -1.81. The lowest BCUT2D eigenvalue weighted by atomic mass is 10.3. The number of hydrogen-bond donors (Lipinski definition) is 0. The van der Waals surface area contributed by atoms with Gasteiger partial charge in [0.1, 0.15) is 5.69 Å². The van der Waals surface area contributed by atoms with Gasteiger partial charge >= 0.3 is 6.67 Å². The number of rotatable bonds is 2. The van der Waals surface area contributed by atoms with Crippen LogP contribution in [0.1, 0.15) is 0 Å². The van der Waals surface area contributed by atoms with E-state index in [1.54, 1.807) is 12.3 Å². The van der Waals surface area contributed by atoms with E-state index in [1.807, 2.05) is 6.07 Å². The van der Waals surface area contributed by atoms with Crippen molar-refractivity contribution in [3.63, 3.8) is 0 Å². The van der Waals surface area contributed by atoms with Crippen LogP contribution in [0.4, 0.5) is 0 Å². The molecule has 2 aromatic rings. The fourth-order valence-electron chi connectivity index (χ4n) is 0.977. The van der Waals surface area contributed by atoms with Crippen molar-refractivity contribution >= 4 is 15.9 Å². The highest BCUT2D eigenvalue weighted by Gasteiger charge is 2.07. The maximum atomic E-state index is 6.66. The molecular weight excluding hydrogens is 260 g/mol. The molecule has 0 saturated carbocycles. The van der Waals surface area contributed by atoms with Crippen molar-refractivity contribution in [3.8, 4) is 11.5 Å². The van der Waals surface area contributed by atoms with Crippen LogP contribution >= 0.6 is 15.9 Å². The molecule has 0 saturated heterocycles. The summed E-state index contributed by atoms with van der Waals surface area (Å²) in [4.78, 5) is 8.49. The Morgan fingerprint density at radius 2 is 2.33 bits per heavy atom. The van der Waals surface area contributed by atoms with Gasteiger partial charge in [-0.25, -0.2) is 6.57 Å². The number of tetrazole rings is 1. The van der Waals surface area contributed by atoms with Crippen LogP contribution < -0.4 is 0 Å². The quantitative estimate of drug-likeness (QED) is 0.769. The summed E-state index contributed by atoms with van der Waals surface area (Å²) in [7, 11) is 0. The van der Waals surface area contributed by atoms with Gasteiger partial charge in [-0.15, -0.1) is 10.2 Å². The van der Waals surface area contributed by atoms with E-state index in [0.29, 0.717) is 11.5 Å². The molecule has 0 aliphatic carbocycles. The molecule has 0 N–H and O–H groups in total. The van der Waals surface area contributed by atoms with Crippen molar-refractivity contribution in [1.82, 2.24) is 25.2 Å². The van der Waals surface area contributed by atoms with Crippen molar-refractivity contribution in [2.75, 3.05) is 0 Å². The summed E-state index contributed by atoms with van der Waals surface area (Å²) >= 11 is 3.28. The molecule has 0 bridgehead atoms. The molecule has 0 aliphatic rings. The Balaban J connectivity index is 2.30. The smallest absolute Gasteiger partial charge is 0.289 e. The van der Waals surface area contributed by atoms with Crippen LogP contribution in [0.25, 0.3) is 16.4 Å². The Bertz CT molecular complexity index is 497. The summed E-state index contributed by atoms with van der Waals surface area (Å²) in [5.41, 5.74) is 0.634. The first kappa shape index (κ1) is 9.73. The van der Waals surface area contributed by atoms with Gasteiger partial charge in [-0.3, -0.25) is 9.83 Å². The van der Waals surface area contributed by atoms with Gasteiger partial charge < -0.3 is 0 Å². The summed E-state index contributed by atoms with van der Waals surface area (Å²) in [5.74, 6) is 0.422. The van der Waals surface area contributed by atoms with E-state index in [-0.39, 0.29) is 6.67 Å². The van der Waals surface area contributed by atoms with E-state index < -0.39 is 0 Å². The van der Waals surface area contributed by atoms with Gasteiger partial charge in [0.05, 0.1) is 0 Å². The third-order valence-corrected chi connectivity index (χ3v) is 2.08. The number of nitrogens with zero attached hydrogens (tertiary/aromatic N) is 6. The highest BCUT2D eigenvalue weighted by molar-refractivity contribution is 9.10. The monoisotopic (exact) mass is 264 g/mol. The van der Waals surface area contributed by atoms with Crippen molar-refractivity contribution in [2.45, 2.75) is 6.67 Å². The molecule has 0 amide bonds. The summed E-state index contributed by atoms with van der Waals surface area (Å²) in [6.07, 6.45) is 1.66. The number of pyridine rings is 1. The van der Waals surface area contributed by atoms with Gasteiger partial charge in [-0.2, -0.15) is 0 Å². The highest BCUT2D eigenvalue weighted by atomic mass is 79.9.